The monoisotopic (exact) mass is 296 g/mol. The fourth-order valence-corrected chi connectivity index (χ4v) is 1.47. The zero-order valence-corrected chi connectivity index (χ0v) is 11.3. The van der Waals surface area contributed by atoms with Crippen LogP contribution in [0.5, 0.6) is 5.88 Å². The van der Waals surface area contributed by atoms with Crippen LogP contribution in [0.1, 0.15) is 16.2 Å². The van der Waals surface area contributed by atoms with E-state index in [9.17, 15) is 4.79 Å². The number of carbonyl (C=O) groups is 1. The Hall–Kier alpha value is -1.62. The van der Waals surface area contributed by atoms with Crippen molar-refractivity contribution in [3.63, 3.8) is 0 Å². The van der Waals surface area contributed by atoms with Crippen molar-refractivity contribution in [1.29, 1.82) is 0 Å². The fourth-order valence-electron chi connectivity index (χ4n) is 1.47. The van der Waals surface area contributed by atoms with Gasteiger partial charge in [-0.25, -0.2) is 0 Å². The van der Waals surface area contributed by atoms with Crippen LogP contribution in [-0.2, 0) is 7.05 Å². The highest BCUT2D eigenvalue weighted by Crippen LogP contribution is 2.13. The molecule has 0 aliphatic rings. The zero-order chi connectivity index (χ0) is 11.5. The largest absolute Gasteiger partial charge is 0.480 e. The first-order valence-electron chi connectivity index (χ1n) is 4.89. The molecule has 0 N–H and O–H groups in total. The number of carbonyl (C=O) groups excluding carboxylic acids is 1. The van der Waals surface area contributed by atoms with E-state index in [2.05, 4.69) is 4.98 Å². The number of aromatic nitrogens is 2. The molecule has 0 amide bonds. The Morgan fingerprint density at radius 2 is 1.94 bits per heavy atom. The highest BCUT2D eigenvalue weighted by atomic mass is 79.9. The molecule has 4 nitrogen and oxygen atoms in total. The molecule has 0 radical (unpaired) electrons. The van der Waals surface area contributed by atoms with Crippen molar-refractivity contribution in [2.75, 3.05) is 7.11 Å². The van der Waals surface area contributed by atoms with E-state index in [4.69, 9.17) is 4.74 Å². The lowest BCUT2D eigenvalue weighted by Gasteiger charge is -1.99. The van der Waals surface area contributed by atoms with Crippen LogP contribution in [0.3, 0.4) is 0 Å². The molecular weight excluding hydrogens is 284 g/mol. The standard InChI is InChI=1S/C12H12N2O2.BrH/c1-14-8-10(16-2)13-12(14)11(15)9-6-4-3-5-7-9;/h3-8H,1-2H3;1H. The van der Waals surface area contributed by atoms with Gasteiger partial charge in [0.2, 0.25) is 11.7 Å². The summed E-state index contributed by atoms with van der Waals surface area (Å²) < 4.78 is 6.64. The molecule has 0 aliphatic carbocycles. The first-order valence-corrected chi connectivity index (χ1v) is 4.89. The Bertz CT molecular complexity index is 508. The van der Waals surface area contributed by atoms with Gasteiger partial charge in [0.25, 0.3) is 0 Å². The number of methoxy groups -OCH3 is 1. The van der Waals surface area contributed by atoms with E-state index in [0.717, 1.165) is 0 Å². The summed E-state index contributed by atoms with van der Waals surface area (Å²) in [6, 6.07) is 9.06. The lowest BCUT2D eigenvalue weighted by Crippen LogP contribution is -2.08. The first-order chi connectivity index (χ1) is 7.72. The predicted octanol–water partition coefficient (Wildman–Crippen LogP) is 2.24. The van der Waals surface area contributed by atoms with E-state index < -0.39 is 0 Å². The molecule has 2 rings (SSSR count). The quantitative estimate of drug-likeness (QED) is 0.816. The number of aryl methyl sites for hydroxylation is 1. The first kappa shape index (κ1) is 13.4. The topological polar surface area (TPSA) is 44.1 Å². The summed E-state index contributed by atoms with van der Waals surface area (Å²) in [6.45, 7) is 0. The van der Waals surface area contributed by atoms with Gasteiger partial charge in [0, 0.05) is 12.6 Å². The normalized spacial score (nSPS) is 9.53. The molecule has 1 heterocycles. The molecule has 17 heavy (non-hydrogen) atoms. The van der Waals surface area contributed by atoms with Gasteiger partial charge in [-0.05, 0) is 0 Å². The van der Waals surface area contributed by atoms with Crippen LogP contribution in [0.4, 0.5) is 0 Å². The molecule has 2 aromatic rings. The van der Waals surface area contributed by atoms with Gasteiger partial charge in [-0.3, -0.25) is 4.79 Å². The Labute approximate surface area is 110 Å². The predicted molar refractivity (Wildman–Crippen MR) is 70.0 cm³/mol. The average molecular weight is 297 g/mol. The third kappa shape index (κ3) is 2.74. The van der Waals surface area contributed by atoms with Gasteiger partial charge in [-0.15, -0.1) is 17.0 Å². The Morgan fingerprint density at radius 3 is 2.47 bits per heavy atom. The summed E-state index contributed by atoms with van der Waals surface area (Å²) >= 11 is 0. The number of ketones is 1. The van der Waals surface area contributed by atoms with E-state index in [1.54, 1.807) is 29.9 Å². The number of nitrogens with zero attached hydrogens (tertiary/aromatic N) is 2. The minimum atomic E-state index is -0.105. The maximum atomic E-state index is 12.1. The molecule has 0 spiro atoms. The molecule has 0 atom stereocenters. The van der Waals surface area contributed by atoms with Crippen LogP contribution in [0.15, 0.2) is 36.5 Å². The summed E-state index contributed by atoms with van der Waals surface area (Å²) in [5.41, 5.74) is 0.624. The number of hydrogen-bond donors (Lipinski definition) is 0. The van der Waals surface area contributed by atoms with Crippen molar-refractivity contribution in [2.45, 2.75) is 0 Å². The van der Waals surface area contributed by atoms with Crippen LogP contribution in [-0.4, -0.2) is 22.4 Å². The van der Waals surface area contributed by atoms with Crippen molar-refractivity contribution < 1.29 is 9.53 Å². The molecule has 1 aromatic carbocycles. The van der Waals surface area contributed by atoms with Gasteiger partial charge < -0.3 is 9.30 Å². The molecular formula is C12H13BrN2O2. The van der Waals surface area contributed by atoms with E-state index in [0.29, 0.717) is 17.3 Å². The number of ether oxygens (including phenoxy) is 1. The van der Waals surface area contributed by atoms with E-state index in [1.165, 1.54) is 7.11 Å². The van der Waals surface area contributed by atoms with Crippen LogP contribution in [0.2, 0.25) is 0 Å². The van der Waals surface area contributed by atoms with E-state index in [1.807, 2.05) is 18.2 Å². The summed E-state index contributed by atoms with van der Waals surface area (Å²) in [6.07, 6.45) is 1.68. The van der Waals surface area contributed by atoms with Crippen molar-refractivity contribution >= 4 is 22.8 Å². The molecule has 0 aliphatic heterocycles. The third-order valence-corrected chi connectivity index (χ3v) is 2.30. The van der Waals surface area contributed by atoms with Crippen molar-refractivity contribution in [1.82, 2.24) is 9.55 Å². The van der Waals surface area contributed by atoms with Crippen molar-refractivity contribution in [2.24, 2.45) is 7.05 Å². The van der Waals surface area contributed by atoms with Gasteiger partial charge in [-0.2, -0.15) is 4.98 Å². The minimum absolute atomic E-state index is 0. The third-order valence-electron chi connectivity index (χ3n) is 2.30. The van der Waals surface area contributed by atoms with E-state index in [-0.39, 0.29) is 22.8 Å². The van der Waals surface area contributed by atoms with E-state index >= 15 is 0 Å². The number of benzene rings is 1. The highest BCUT2D eigenvalue weighted by molar-refractivity contribution is 8.93. The van der Waals surface area contributed by atoms with Gasteiger partial charge in [0.05, 0.1) is 13.3 Å². The summed E-state index contributed by atoms with van der Waals surface area (Å²) in [4.78, 5) is 16.2. The number of imidazole rings is 1. The Balaban J connectivity index is 0.00000144. The SMILES string of the molecule is Br.COc1cn(C)c(C(=O)c2ccccc2)n1. The number of hydrogen-bond acceptors (Lipinski definition) is 3. The summed E-state index contributed by atoms with van der Waals surface area (Å²) in [7, 11) is 3.30. The molecule has 0 fully saturated rings. The average Bonchev–Trinajstić information content (AvgIpc) is 2.71. The van der Waals surface area contributed by atoms with Crippen LogP contribution in [0, 0.1) is 0 Å². The van der Waals surface area contributed by atoms with Crippen LogP contribution in [0.25, 0.3) is 0 Å². The van der Waals surface area contributed by atoms with Crippen molar-refractivity contribution in [3.8, 4) is 5.88 Å². The van der Waals surface area contributed by atoms with Crippen LogP contribution < -0.4 is 4.74 Å². The van der Waals surface area contributed by atoms with Crippen molar-refractivity contribution in [3.05, 3.63) is 47.9 Å². The number of rotatable bonds is 3. The second-order valence-electron chi connectivity index (χ2n) is 3.41. The lowest BCUT2D eigenvalue weighted by atomic mass is 10.1. The minimum Gasteiger partial charge on any atom is -0.480 e. The molecule has 0 unspecified atom stereocenters. The molecule has 0 bridgehead atoms. The molecule has 0 saturated carbocycles. The highest BCUT2D eigenvalue weighted by Gasteiger charge is 2.15. The van der Waals surface area contributed by atoms with Gasteiger partial charge in [0.1, 0.15) is 0 Å². The smallest absolute Gasteiger partial charge is 0.232 e. The molecule has 90 valence electrons. The maximum Gasteiger partial charge on any atom is 0.232 e. The maximum absolute atomic E-state index is 12.1. The Morgan fingerprint density at radius 1 is 1.29 bits per heavy atom. The van der Waals surface area contributed by atoms with Gasteiger partial charge in [0.15, 0.2) is 5.82 Å². The van der Waals surface area contributed by atoms with Crippen LogP contribution >= 0.6 is 17.0 Å². The zero-order valence-electron chi connectivity index (χ0n) is 9.58. The summed E-state index contributed by atoms with van der Waals surface area (Å²) in [5, 5.41) is 0. The second kappa shape index (κ2) is 5.63. The summed E-state index contributed by atoms with van der Waals surface area (Å²) in [5.74, 6) is 0.719. The molecule has 0 saturated heterocycles. The number of halogens is 1. The van der Waals surface area contributed by atoms with Gasteiger partial charge >= 0.3 is 0 Å². The fraction of sp³-hybridized carbons (Fsp3) is 0.167. The van der Waals surface area contributed by atoms with Gasteiger partial charge in [-0.1, -0.05) is 30.3 Å². The molecule has 5 heteroatoms. The lowest BCUT2D eigenvalue weighted by molar-refractivity contribution is 0.102. The Kier molecular flexibility index (Phi) is 4.45. The molecule has 1 aromatic heterocycles. The second-order valence-corrected chi connectivity index (χ2v) is 3.41.